The molecule has 1 heterocycles. The molecule has 4 rings (SSSR count). The summed E-state index contributed by atoms with van der Waals surface area (Å²) >= 11 is 5.94. The Balaban J connectivity index is 1.53. The van der Waals surface area contributed by atoms with E-state index >= 15 is 0 Å². The first-order valence-corrected chi connectivity index (χ1v) is 10.2. The largest absolute Gasteiger partial charge is 0.340 e. The van der Waals surface area contributed by atoms with E-state index in [9.17, 15) is 9.59 Å². The van der Waals surface area contributed by atoms with E-state index in [1.54, 1.807) is 59.7 Å². The SMILES string of the molecule is O=C(NC(Cn1ccnc1)C(=O)c1ccc(Cl)cc1)c1ccc(-c2ccccc2)cc1. The zero-order valence-corrected chi connectivity index (χ0v) is 17.4. The van der Waals surface area contributed by atoms with Gasteiger partial charge < -0.3 is 9.88 Å². The minimum absolute atomic E-state index is 0.195. The predicted molar refractivity (Wildman–Crippen MR) is 121 cm³/mol. The van der Waals surface area contributed by atoms with Gasteiger partial charge in [-0.1, -0.05) is 54.1 Å². The maximum atomic E-state index is 13.1. The fourth-order valence-corrected chi connectivity index (χ4v) is 3.43. The lowest BCUT2D eigenvalue weighted by atomic mass is 10.0. The number of amides is 1. The number of nitrogens with one attached hydrogen (secondary N) is 1. The van der Waals surface area contributed by atoms with Crippen molar-refractivity contribution in [3.05, 3.63) is 114 Å². The van der Waals surface area contributed by atoms with Crippen molar-refractivity contribution in [3.8, 4) is 11.1 Å². The van der Waals surface area contributed by atoms with Crippen molar-refractivity contribution in [2.24, 2.45) is 0 Å². The van der Waals surface area contributed by atoms with Crippen LogP contribution < -0.4 is 5.32 Å². The molecule has 6 heteroatoms. The molecule has 0 bridgehead atoms. The Morgan fingerprint density at radius 2 is 1.52 bits per heavy atom. The van der Waals surface area contributed by atoms with Gasteiger partial charge in [-0.05, 0) is 47.5 Å². The third-order valence-corrected chi connectivity index (χ3v) is 5.21. The van der Waals surface area contributed by atoms with Crippen molar-refractivity contribution in [2.75, 3.05) is 0 Å². The lowest BCUT2D eigenvalue weighted by Crippen LogP contribution is -2.43. The van der Waals surface area contributed by atoms with Gasteiger partial charge in [-0.3, -0.25) is 9.59 Å². The predicted octanol–water partition coefficient (Wildman–Crippen LogP) is 4.89. The van der Waals surface area contributed by atoms with E-state index in [1.807, 2.05) is 42.5 Å². The second-order valence-corrected chi connectivity index (χ2v) is 7.54. The summed E-state index contributed by atoms with van der Waals surface area (Å²) in [4.78, 5) is 30.0. The van der Waals surface area contributed by atoms with E-state index in [0.717, 1.165) is 11.1 Å². The van der Waals surface area contributed by atoms with E-state index in [0.29, 0.717) is 16.1 Å². The Bertz CT molecular complexity index is 1160. The van der Waals surface area contributed by atoms with Crippen LogP contribution >= 0.6 is 11.6 Å². The minimum atomic E-state index is -0.753. The molecule has 0 radical (unpaired) electrons. The Morgan fingerprint density at radius 1 is 0.871 bits per heavy atom. The maximum Gasteiger partial charge on any atom is 0.251 e. The number of nitrogens with zero attached hydrogens (tertiary/aromatic N) is 2. The fraction of sp³-hybridized carbons (Fsp3) is 0.0800. The van der Waals surface area contributed by atoms with Crippen LogP contribution in [0.5, 0.6) is 0 Å². The van der Waals surface area contributed by atoms with Crippen LogP contribution in [-0.4, -0.2) is 27.3 Å². The van der Waals surface area contributed by atoms with E-state index in [1.165, 1.54) is 0 Å². The molecule has 0 fully saturated rings. The molecule has 1 unspecified atom stereocenters. The summed E-state index contributed by atoms with van der Waals surface area (Å²) in [5.74, 6) is -0.508. The van der Waals surface area contributed by atoms with Crippen LogP contribution in [-0.2, 0) is 6.54 Å². The van der Waals surface area contributed by atoms with Gasteiger partial charge in [-0.15, -0.1) is 0 Å². The molecule has 0 aliphatic carbocycles. The molecule has 0 aliphatic rings. The van der Waals surface area contributed by atoms with Gasteiger partial charge in [0.1, 0.15) is 6.04 Å². The van der Waals surface area contributed by atoms with Crippen LogP contribution in [0.15, 0.2) is 97.6 Å². The van der Waals surface area contributed by atoms with Crippen LogP contribution in [0.25, 0.3) is 11.1 Å². The first kappa shape index (κ1) is 20.6. The summed E-state index contributed by atoms with van der Waals surface area (Å²) in [7, 11) is 0. The second kappa shape index (κ2) is 9.41. The van der Waals surface area contributed by atoms with Gasteiger partial charge in [0, 0.05) is 28.5 Å². The molecule has 4 aromatic rings. The highest BCUT2D eigenvalue weighted by Gasteiger charge is 2.23. The molecule has 0 aliphatic heterocycles. The molecule has 154 valence electrons. The number of carbonyl (C=O) groups is 2. The van der Waals surface area contributed by atoms with Crippen molar-refractivity contribution in [1.82, 2.24) is 14.9 Å². The summed E-state index contributed by atoms with van der Waals surface area (Å²) < 4.78 is 1.76. The number of aromatic nitrogens is 2. The lowest BCUT2D eigenvalue weighted by Gasteiger charge is -2.18. The highest BCUT2D eigenvalue weighted by molar-refractivity contribution is 6.30. The zero-order valence-electron chi connectivity index (χ0n) is 16.6. The maximum absolute atomic E-state index is 13.1. The van der Waals surface area contributed by atoms with Crippen molar-refractivity contribution in [2.45, 2.75) is 12.6 Å². The third kappa shape index (κ3) is 5.08. The normalized spacial score (nSPS) is 11.6. The lowest BCUT2D eigenvalue weighted by molar-refractivity contribution is 0.0847. The van der Waals surface area contributed by atoms with Crippen molar-refractivity contribution < 1.29 is 9.59 Å². The fourth-order valence-electron chi connectivity index (χ4n) is 3.30. The van der Waals surface area contributed by atoms with Gasteiger partial charge in [0.25, 0.3) is 5.91 Å². The topological polar surface area (TPSA) is 64.0 Å². The van der Waals surface area contributed by atoms with Crippen molar-refractivity contribution in [1.29, 1.82) is 0 Å². The second-order valence-electron chi connectivity index (χ2n) is 7.10. The van der Waals surface area contributed by atoms with Crippen LogP contribution in [0, 0.1) is 0 Å². The number of Topliss-reactive ketones (excluding diaryl/α,β-unsaturated/α-hetero) is 1. The van der Waals surface area contributed by atoms with E-state index in [-0.39, 0.29) is 18.2 Å². The van der Waals surface area contributed by atoms with Gasteiger partial charge in [0.05, 0.1) is 12.9 Å². The summed E-state index contributed by atoms with van der Waals surface area (Å²) in [6, 6.07) is 23.1. The zero-order chi connectivity index (χ0) is 21.6. The molecule has 0 saturated carbocycles. The Hall–Kier alpha value is -3.70. The van der Waals surface area contributed by atoms with Crippen molar-refractivity contribution >= 4 is 23.3 Å². The van der Waals surface area contributed by atoms with Crippen LogP contribution in [0.1, 0.15) is 20.7 Å². The van der Waals surface area contributed by atoms with Crippen LogP contribution in [0.2, 0.25) is 5.02 Å². The summed E-state index contributed by atoms with van der Waals surface area (Å²) in [6.45, 7) is 0.273. The standard InChI is InChI=1S/C25H20ClN3O2/c26-22-12-10-20(11-13-22)24(30)23(16-29-15-14-27-17-29)28-25(31)21-8-6-19(7-9-21)18-4-2-1-3-5-18/h1-15,17,23H,16H2,(H,28,31). The molecule has 1 amide bonds. The summed E-state index contributed by atoms with van der Waals surface area (Å²) in [6.07, 6.45) is 5.00. The van der Waals surface area contributed by atoms with E-state index < -0.39 is 6.04 Å². The van der Waals surface area contributed by atoms with E-state index in [4.69, 9.17) is 11.6 Å². The molecule has 0 saturated heterocycles. The van der Waals surface area contributed by atoms with Gasteiger partial charge in [-0.2, -0.15) is 0 Å². The number of hydrogen-bond acceptors (Lipinski definition) is 3. The molecule has 1 N–H and O–H groups in total. The average Bonchev–Trinajstić information content (AvgIpc) is 3.32. The number of halogens is 1. The number of benzene rings is 3. The molecule has 0 spiro atoms. The quantitative estimate of drug-likeness (QED) is 0.425. The number of hydrogen-bond donors (Lipinski definition) is 1. The monoisotopic (exact) mass is 429 g/mol. The third-order valence-electron chi connectivity index (χ3n) is 4.96. The van der Waals surface area contributed by atoms with Gasteiger partial charge >= 0.3 is 0 Å². The number of carbonyl (C=O) groups excluding carboxylic acids is 2. The van der Waals surface area contributed by atoms with Gasteiger partial charge in [0.2, 0.25) is 0 Å². The summed E-state index contributed by atoms with van der Waals surface area (Å²) in [5, 5.41) is 3.42. The first-order chi connectivity index (χ1) is 15.1. The molecule has 3 aromatic carbocycles. The molecule has 5 nitrogen and oxygen atoms in total. The summed E-state index contributed by atoms with van der Waals surface area (Å²) in [5.41, 5.74) is 3.06. The van der Waals surface area contributed by atoms with Gasteiger partial charge in [0.15, 0.2) is 5.78 Å². The number of rotatable bonds is 7. The number of ketones is 1. The molecular weight excluding hydrogens is 410 g/mol. The number of imidazole rings is 1. The molecule has 1 aromatic heterocycles. The average molecular weight is 430 g/mol. The highest BCUT2D eigenvalue weighted by Crippen LogP contribution is 2.19. The highest BCUT2D eigenvalue weighted by atomic mass is 35.5. The Kier molecular flexibility index (Phi) is 6.24. The van der Waals surface area contributed by atoms with Crippen molar-refractivity contribution in [3.63, 3.8) is 0 Å². The van der Waals surface area contributed by atoms with Crippen LogP contribution in [0.3, 0.4) is 0 Å². The Morgan fingerprint density at radius 3 is 2.16 bits per heavy atom. The smallest absolute Gasteiger partial charge is 0.251 e. The molecule has 31 heavy (non-hydrogen) atoms. The Labute approximate surface area is 185 Å². The molecule has 1 atom stereocenters. The molecular formula is C25H20ClN3O2. The van der Waals surface area contributed by atoms with E-state index in [2.05, 4.69) is 10.3 Å². The minimum Gasteiger partial charge on any atom is -0.340 e. The van der Waals surface area contributed by atoms with Crippen LogP contribution in [0.4, 0.5) is 0 Å². The van der Waals surface area contributed by atoms with Gasteiger partial charge in [-0.25, -0.2) is 4.98 Å². The first-order valence-electron chi connectivity index (χ1n) is 9.82.